The molecule has 40 heavy (non-hydrogen) atoms. The highest BCUT2D eigenvalue weighted by molar-refractivity contribution is 6.30. The van der Waals surface area contributed by atoms with E-state index in [-0.39, 0.29) is 30.3 Å². The van der Waals surface area contributed by atoms with E-state index in [1.54, 1.807) is 7.11 Å². The molecule has 5 rings (SSSR count). The maximum atomic E-state index is 11.5. The Morgan fingerprint density at radius 3 is 2.45 bits per heavy atom. The average Bonchev–Trinajstić information content (AvgIpc) is 3.51. The maximum Gasteiger partial charge on any atom is 0.306 e. The Hall–Kier alpha value is -3.36. The molecule has 214 valence electrons. The van der Waals surface area contributed by atoms with E-state index in [0.29, 0.717) is 24.0 Å². The number of halogens is 1. The molecule has 0 saturated heterocycles. The Morgan fingerprint density at radius 2 is 1.75 bits per heavy atom. The van der Waals surface area contributed by atoms with Gasteiger partial charge < -0.3 is 24.8 Å². The van der Waals surface area contributed by atoms with E-state index in [9.17, 15) is 20.1 Å². The number of aromatic hydroxyl groups is 2. The smallest absolute Gasteiger partial charge is 0.306 e. The normalized spacial score (nSPS) is 20.4. The third-order valence-corrected chi connectivity index (χ3v) is 8.64. The van der Waals surface area contributed by atoms with Crippen molar-refractivity contribution in [2.45, 2.75) is 57.7 Å². The van der Waals surface area contributed by atoms with Crippen molar-refractivity contribution in [3.05, 3.63) is 70.2 Å². The summed E-state index contributed by atoms with van der Waals surface area (Å²) in [7, 11) is 1.62. The van der Waals surface area contributed by atoms with Crippen molar-refractivity contribution in [2.24, 2.45) is 11.8 Å². The molecule has 1 heterocycles. The summed E-state index contributed by atoms with van der Waals surface area (Å²) in [6, 6.07) is 15.3. The van der Waals surface area contributed by atoms with E-state index in [1.165, 1.54) is 27.8 Å². The molecule has 2 aliphatic rings. The maximum absolute atomic E-state index is 11.5. The van der Waals surface area contributed by atoms with Gasteiger partial charge in [0.25, 0.3) is 0 Å². The fraction of sp³-hybridized carbons (Fsp3) is 0.452. The Kier molecular flexibility index (Phi) is 8.76. The summed E-state index contributed by atoms with van der Waals surface area (Å²) in [5.41, 5.74) is 3.73. The molecule has 1 fully saturated rings. The zero-order valence-corrected chi connectivity index (χ0v) is 23.5. The highest BCUT2D eigenvalue weighted by Gasteiger charge is 2.32. The van der Waals surface area contributed by atoms with Gasteiger partial charge in [-0.15, -0.1) is 0 Å². The quantitative estimate of drug-likeness (QED) is 0.260. The molecular weight excluding hydrogens is 532 g/mol. The fourth-order valence-corrected chi connectivity index (χ4v) is 6.45. The summed E-state index contributed by atoms with van der Waals surface area (Å²) in [4.78, 5) is 14.0. The van der Waals surface area contributed by atoms with Crippen LogP contribution in [0.2, 0.25) is 5.02 Å². The molecule has 1 aromatic heterocycles. The number of methoxy groups -OCH3 is 1. The van der Waals surface area contributed by atoms with Crippen LogP contribution in [0.4, 0.5) is 0 Å². The lowest BCUT2D eigenvalue weighted by Crippen LogP contribution is -2.34. The first-order chi connectivity index (χ1) is 19.3. The van der Waals surface area contributed by atoms with Gasteiger partial charge in [-0.2, -0.15) is 0 Å². The number of carboxylic acid groups (broad SMARTS) is 1. The molecular formula is C31H37ClN2O6. The number of benzene rings is 2. The van der Waals surface area contributed by atoms with Crippen LogP contribution in [0.1, 0.15) is 54.8 Å². The van der Waals surface area contributed by atoms with Crippen molar-refractivity contribution >= 4 is 17.6 Å². The fourth-order valence-electron chi connectivity index (χ4n) is 6.25. The van der Waals surface area contributed by atoms with Gasteiger partial charge in [0, 0.05) is 36.3 Å². The van der Waals surface area contributed by atoms with Gasteiger partial charge in [-0.3, -0.25) is 14.3 Å². The number of carbonyl (C=O) groups is 1. The first kappa shape index (κ1) is 28.2. The predicted octanol–water partition coefficient (Wildman–Crippen LogP) is 6.02. The molecule has 1 saturated carbocycles. The SMILES string of the molecule is COc1cc(CN(CC2CCC(C(=O)O)CC2)C2CCc3cc(Cl)ccc32)ccc1OCCn1c(O)ccc1O. The molecule has 0 radical (unpaired) electrons. The first-order valence-electron chi connectivity index (χ1n) is 13.9. The summed E-state index contributed by atoms with van der Waals surface area (Å²) in [6.45, 7) is 2.17. The number of hydrogen-bond donors (Lipinski definition) is 3. The van der Waals surface area contributed by atoms with Crippen LogP contribution in [-0.2, 0) is 24.3 Å². The Labute approximate surface area is 239 Å². The third kappa shape index (κ3) is 6.34. The first-order valence-corrected chi connectivity index (χ1v) is 14.3. The number of aromatic nitrogens is 1. The molecule has 9 heteroatoms. The number of hydrogen-bond acceptors (Lipinski definition) is 6. The van der Waals surface area contributed by atoms with Crippen LogP contribution in [0.25, 0.3) is 0 Å². The Bertz CT molecular complexity index is 1310. The van der Waals surface area contributed by atoms with Crippen molar-refractivity contribution in [1.29, 1.82) is 0 Å². The van der Waals surface area contributed by atoms with Gasteiger partial charge in [0.2, 0.25) is 0 Å². The summed E-state index contributed by atoms with van der Waals surface area (Å²) < 4.78 is 13.0. The van der Waals surface area contributed by atoms with Gasteiger partial charge in [0.1, 0.15) is 6.61 Å². The van der Waals surface area contributed by atoms with Crippen LogP contribution < -0.4 is 9.47 Å². The number of rotatable bonds is 11. The summed E-state index contributed by atoms with van der Waals surface area (Å²) in [5.74, 6) is 0.745. The molecule has 0 amide bonds. The Balaban J connectivity index is 1.31. The zero-order chi connectivity index (χ0) is 28.2. The minimum absolute atomic E-state index is 0.0179. The van der Waals surface area contributed by atoms with Gasteiger partial charge >= 0.3 is 5.97 Å². The minimum Gasteiger partial charge on any atom is -0.494 e. The average molecular weight is 569 g/mol. The molecule has 3 aromatic rings. The minimum atomic E-state index is -0.673. The van der Waals surface area contributed by atoms with Crippen LogP contribution in [0.5, 0.6) is 23.3 Å². The van der Waals surface area contributed by atoms with Crippen LogP contribution in [0, 0.1) is 11.8 Å². The number of nitrogens with zero attached hydrogens (tertiary/aromatic N) is 2. The third-order valence-electron chi connectivity index (χ3n) is 8.40. The molecule has 0 bridgehead atoms. The van der Waals surface area contributed by atoms with Crippen molar-refractivity contribution in [1.82, 2.24) is 9.47 Å². The van der Waals surface area contributed by atoms with Crippen LogP contribution in [0.15, 0.2) is 48.5 Å². The molecule has 0 spiro atoms. The second-order valence-electron chi connectivity index (χ2n) is 10.9. The number of carboxylic acids is 1. The molecule has 0 aliphatic heterocycles. The number of aliphatic carboxylic acids is 1. The number of fused-ring (bicyclic) bond motifs is 1. The van der Waals surface area contributed by atoms with E-state index >= 15 is 0 Å². The molecule has 1 unspecified atom stereocenters. The Morgan fingerprint density at radius 1 is 1.00 bits per heavy atom. The molecule has 2 aromatic carbocycles. The lowest BCUT2D eigenvalue weighted by molar-refractivity contribution is -0.143. The lowest BCUT2D eigenvalue weighted by Gasteiger charge is -2.35. The van der Waals surface area contributed by atoms with E-state index in [2.05, 4.69) is 23.1 Å². The number of aryl methyl sites for hydroxylation is 1. The summed E-state index contributed by atoms with van der Waals surface area (Å²) in [5, 5.41) is 29.9. The van der Waals surface area contributed by atoms with Crippen LogP contribution in [-0.4, -0.2) is 51.0 Å². The lowest BCUT2D eigenvalue weighted by atomic mass is 9.81. The second kappa shape index (κ2) is 12.4. The van der Waals surface area contributed by atoms with Crippen LogP contribution in [0.3, 0.4) is 0 Å². The van der Waals surface area contributed by atoms with Gasteiger partial charge in [0.15, 0.2) is 23.3 Å². The van der Waals surface area contributed by atoms with Gasteiger partial charge in [-0.25, -0.2) is 0 Å². The van der Waals surface area contributed by atoms with Crippen molar-refractivity contribution in [2.75, 3.05) is 20.3 Å². The van der Waals surface area contributed by atoms with E-state index < -0.39 is 5.97 Å². The van der Waals surface area contributed by atoms with Crippen molar-refractivity contribution in [3.63, 3.8) is 0 Å². The van der Waals surface area contributed by atoms with E-state index in [1.807, 2.05) is 18.2 Å². The largest absolute Gasteiger partial charge is 0.494 e. The van der Waals surface area contributed by atoms with Gasteiger partial charge in [-0.1, -0.05) is 23.7 Å². The topological polar surface area (TPSA) is 104 Å². The zero-order valence-electron chi connectivity index (χ0n) is 22.8. The molecule has 8 nitrogen and oxygen atoms in total. The number of ether oxygens (including phenoxy) is 2. The summed E-state index contributed by atoms with van der Waals surface area (Å²) >= 11 is 6.29. The predicted molar refractivity (Wildman–Crippen MR) is 152 cm³/mol. The standard InChI is InChI=1S/C31H37ClN2O6/c1-39-28-16-21(4-11-27(28)40-15-14-34-29(35)12-13-30(34)36)19-33(18-20-2-5-22(6-3-20)31(37)38)26-10-7-23-17-24(32)8-9-25(23)26/h4,8-9,11-13,16-17,20,22,26,35-36H,2-3,5-7,10,14-15,18-19H2,1H3,(H,37,38). The van der Waals surface area contributed by atoms with E-state index in [4.69, 9.17) is 21.1 Å². The van der Waals surface area contributed by atoms with Gasteiger partial charge in [-0.05, 0) is 85.4 Å². The van der Waals surface area contributed by atoms with Gasteiger partial charge in [0.05, 0.1) is 19.6 Å². The molecule has 3 N–H and O–H groups in total. The van der Waals surface area contributed by atoms with Crippen LogP contribution >= 0.6 is 11.6 Å². The highest BCUT2D eigenvalue weighted by atomic mass is 35.5. The molecule has 1 atom stereocenters. The summed E-state index contributed by atoms with van der Waals surface area (Å²) in [6.07, 6.45) is 5.35. The van der Waals surface area contributed by atoms with Crippen molar-refractivity contribution < 1.29 is 29.6 Å². The van der Waals surface area contributed by atoms with Crippen molar-refractivity contribution in [3.8, 4) is 23.3 Å². The van der Waals surface area contributed by atoms with E-state index in [0.717, 1.165) is 62.2 Å². The second-order valence-corrected chi connectivity index (χ2v) is 11.4. The molecule has 2 aliphatic carbocycles. The monoisotopic (exact) mass is 568 g/mol. The highest BCUT2D eigenvalue weighted by Crippen LogP contribution is 2.40.